The van der Waals surface area contributed by atoms with E-state index in [1.54, 1.807) is 0 Å². The average Bonchev–Trinajstić information content (AvgIpc) is 2.48. The minimum atomic E-state index is -0.153. The summed E-state index contributed by atoms with van der Waals surface area (Å²) in [4.78, 5) is 16.6. The second-order valence-corrected chi connectivity index (χ2v) is 5.47. The molecule has 0 bridgehead atoms. The minimum Gasteiger partial charge on any atom is -0.334 e. The number of pyridine rings is 1. The van der Waals surface area contributed by atoms with Crippen LogP contribution in [0.25, 0.3) is 10.9 Å². The molecule has 1 unspecified atom stereocenters. The normalized spacial score (nSPS) is 18.4. The molecule has 2 aromatic rings. The van der Waals surface area contributed by atoms with Crippen molar-refractivity contribution in [2.75, 3.05) is 18.4 Å². The Bertz CT molecular complexity index is 650. The highest BCUT2D eigenvalue weighted by Crippen LogP contribution is 2.22. The van der Waals surface area contributed by atoms with Crippen LogP contribution in [0.15, 0.2) is 30.3 Å². The number of para-hydroxylation sites is 1. The topological polar surface area (TPSA) is 66.1 Å². The summed E-state index contributed by atoms with van der Waals surface area (Å²) in [5, 5.41) is 10.2. The molecule has 1 atom stereocenters. The van der Waals surface area contributed by atoms with Gasteiger partial charge in [0, 0.05) is 23.7 Å². The Morgan fingerprint density at radius 3 is 3.05 bits per heavy atom. The number of aryl methyl sites for hydroxylation is 1. The van der Waals surface area contributed by atoms with Gasteiger partial charge in [-0.3, -0.25) is 4.98 Å². The Balaban J connectivity index is 1.76. The molecule has 3 rings (SSSR count). The summed E-state index contributed by atoms with van der Waals surface area (Å²) in [5.74, 6) is 0. The summed E-state index contributed by atoms with van der Waals surface area (Å²) in [7, 11) is 0. The number of aromatic nitrogens is 1. The molecule has 110 valence electrons. The van der Waals surface area contributed by atoms with Crippen LogP contribution in [0.2, 0.25) is 0 Å². The standard InChI is InChI=1S/C16H20N4O/c1-11-9-15(13-6-2-3-7-14(13)18-11)20-16(21)19-12-5-4-8-17-10-12/h2-3,6-7,9,12,17H,4-5,8,10H2,1H3,(H2,18,19,20,21). The SMILES string of the molecule is Cc1cc(NC(=O)NC2CCCNC2)c2ccccc2n1. The van der Waals surface area contributed by atoms with E-state index in [1.807, 2.05) is 37.3 Å². The smallest absolute Gasteiger partial charge is 0.319 e. The summed E-state index contributed by atoms with van der Waals surface area (Å²) in [5.41, 5.74) is 2.59. The molecule has 1 aliphatic heterocycles. The second-order valence-electron chi connectivity index (χ2n) is 5.47. The molecule has 1 aromatic carbocycles. The number of benzene rings is 1. The lowest BCUT2D eigenvalue weighted by Gasteiger charge is -2.24. The molecule has 0 radical (unpaired) electrons. The number of rotatable bonds is 2. The van der Waals surface area contributed by atoms with Gasteiger partial charge in [0.1, 0.15) is 0 Å². The zero-order valence-electron chi connectivity index (χ0n) is 12.1. The first-order valence-corrected chi connectivity index (χ1v) is 7.37. The number of hydrogen-bond acceptors (Lipinski definition) is 3. The molecule has 1 aliphatic rings. The van der Waals surface area contributed by atoms with Gasteiger partial charge in [0.05, 0.1) is 11.2 Å². The molecule has 0 spiro atoms. The number of anilines is 1. The van der Waals surface area contributed by atoms with Crippen LogP contribution in [0, 0.1) is 6.92 Å². The van der Waals surface area contributed by atoms with Crippen LogP contribution < -0.4 is 16.0 Å². The number of piperidine rings is 1. The van der Waals surface area contributed by atoms with E-state index in [4.69, 9.17) is 0 Å². The van der Waals surface area contributed by atoms with Gasteiger partial charge < -0.3 is 16.0 Å². The number of nitrogens with zero attached hydrogens (tertiary/aromatic N) is 1. The zero-order chi connectivity index (χ0) is 14.7. The summed E-state index contributed by atoms with van der Waals surface area (Å²) >= 11 is 0. The van der Waals surface area contributed by atoms with Gasteiger partial charge in [-0.25, -0.2) is 4.79 Å². The summed E-state index contributed by atoms with van der Waals surface area (Å²) < 4.78 is 0. The van der Waals surface area contributed by atoms with E-state index in [0.29, 0.717) is 0 Å². The highest BCUT2D eigenvalue weighted by molar-refractivity contribution is 6.00. The minimum absolute atomic E-state index is 0.153. The maximum atomic E-state index is 12.2. The number of fused-ring (bicyclic) bond motifs is 1. The molecule has 21 heavy (non-hydrogen) atoms. The van der Waals surface area contributed by atoms with Gasteiger partial charge in [-0.05, 0) is 38.4 Å². The van der Waals surface area contributed by atoms with E-state index in [-0.39, 0.29) is 12.1 Å². The molecule has 2 heterocycles. The predicted octanol–water partition coefficient (Wildman–Crippen LogP) is 2.42. The van der Waals surface area contributed by atoms with Crippen LogP contribution in [0.3, 0.4) is 0 Å². The number of nitrogens with one attached hydrogen (secondary N) is 3. The van der Waals surface area contributed by atoms with E-state index in [2.05, 4.69) is 20.9 Å². The fourth-order valence-electron chi connectivity index (χ4n) is 2.73. The molecule has 5 nitrogen and oxygen atoms in total. The maximum absolute atomic E-state index is 12.2. The molecule has 1 fully saturated rings. The van der Waals surface area contributed by atoms with Gasteiger partial charge in [0.2, 0.25) is 0 Å². The summed E-state index contributed by atoms with van der Waals surface area (Å²) in [6.07, 6.45) is 2.12. The molecule has 1 saturated heterocycles. The second kappa shape index (κ2) is 6.10. The number of hydrogen-bond donors (Lipinski definition) is 3. The van der Waals surface area contributed by atoms with E-state index in [9.17, 15) is 4.79 Å². The molecular formula is C16H20N4O. The number of carbonyl (C=O) groups is 1. The Morgan fingerprint density at radius 1 is 1.38 bits per heavy atom. The van der Waals surface area contributed by atoms with Gasteiger partial charge in [0.25, 0.3) is 0 Å². The van der Waals surface area contributed by atoms with Gasteiger partial charge in [0.15, 0.2) is 0 Å². The van der Waals surface area contributed by atoms with Crippen molar-refractivity contribution in [3.8, 4) is 0 Å². The van der Waals surface area contributed by atoms with Gasteiger partial charge in [-0.1, -0.05) is 18.2 Å². The highest BCUT2D eigenvalue weighted by Gasteiger charge is 2.15. The Hall–Kier alpha value is -2.14. The monoisotopic (exact) mass is 284 g/mol. The van der Waals surface area contributed by atoms with Crippen molar-refractivity contribution in [3.63, 3.8) is 0 Å². The van der Waals surface area contributed by atoms with E-state index >= 15 is 0 Å². The third-order valence-electron chi connectivity index (χ3n) is 3.72. The van der Waals surface area contributed by atoms with Crippen LogP contribution in [0.4, 0.5) is 10.5 Å². The highest BCUT2D eigenvalue weighted by atomic mass is 16.2. The number of urea groups is 1. The van der Waals surface area contributed by atoms with Crippen molar-refractivity contribution < 1.29 is 4.79 Å². The van der Waals surface area contributed by atoms with Crippen LogP contribution in [-0.4, -0.2) is 30.1 Å². The third kappa shape index (κ3) is 3.31. The number of amides is 2. The van der Waals surface area contributed by atoms with E-state index < -0.39 is 0 Å². The van der Waals surface area contributed by atoms with Crippen LogP contribution in [0.5, 0.6) is 0 Å². The first-order chi connectivity index (χ1) is 10.2. The van der Waals surface area contributed by atoms with Crippen LogP contribution in [-0.2, 0) is 0 Å². The zero-order valence-corrected chi connectivity index (χ0v) is 12.1. The lowest BCUT2D eigenvalue weighted by Crippen LogP contribution is -2.47. The van der Waals surface area contributed by atoms with Crippen molar-refractivity contribution in [2.24, 2.45) is 0 Å². The Labute approximate surface area is 124 Å². The fraction of sp³-hybridized carbons (Fsp3) is 0.375. The summed E-state index contributed by atoms with van der Waals surface area (Å²) in [6.45, 7) is 3.80. The fourth-order valence-corrected chi connectivity index (χ4v) is 2.73. The Morgan fingerprint density at radius 2 is 2.24 bits per heavy atom. The lowest BCUT2D eigenvalue weighted by molar-refractivity contribution is 0.245. The molecule has 3 N–H and O–H groups in total. The van der Waals surface area contributed by atoms with Gasteiger partial charge in [-0.15, -0.1) is 0 Å². The molecular weight excluding hydrogens is 264 g/mol. The average molecular weight is 284 g/mol. The van der Waals surface area contributed by atoms with Crippen molar-refractivity contribution >= 4 is 22.6 Å². The van der Waals surface area contributed by atoms with E-state index in [0.717, 1.165) is 48.2 Å². The molecule has 0 aliphatic carbocycles. The quantitative estimate of drug-likeness (QED) is 0.793. The van der Waals surface area contributed by atoms with Gasteiger partial charge >= 0.3 is 6.03 Å². The third-order valence-corrected chi connectivity index (χ3v) is 3.72. The predicted molar refractivity (Wildman–Crippen MR) is 84.5 cm³/mol. The van der Waals surface area contributed by atoms with Crippen molar-refractivity contribution in [2.45, 2.75) is 25.8 Å². The Kier molecular flexibility index (Phi) is 4.01. The molecule has 2 amide bonds. The van der Waals surface area contributed by atoms with E-state index in [1.165, 1.54) is 0 Å². The number of carbonyl (C=O) groups excluding carboxylic acids is 1. The maximum Gasteiger partial charge on any atom is 0.319 e. The van der Waals surface area contributed by atoms with Crippen LogP contribution in [0.1, 0.15) is 18.5 Å². The van der Waals surface area contributed by atoms with Crippen molar-refractivity contribution in [1.29, 1.82) is 0 Å². The molecule has 5 heteroatoms. The lowest BCUT2D eigenvalue weighted by atomic mass is 10.1. The first-order valence-electron chi connectivity index (χ1n) is 7.37. The summed E-state index contributed by atoms with van der Waals surface area (Å²) in [6, 6.07) is 9.78. The van der Waals surface area contributed by atoms with Crippen molar-refractivity contribution in [3.05, 3.63) is 36.0 Å². The largest absolute Gasteiger partial charge is 0.334 e. The molecule has 0 saturated carbocycles. The first kappa shape index (κ1) is 13.8. The van der Waals surface area contributed by atoms with Crippen molar-refractivity contribution in [1.82, 2.24) is 15.6 Å². The van der Waals surface area contributed by atoms with Gasteiger partial charge in [-0.2, -0.15) is 0 Å². The molecule has 1 aromatic heterocycles. The van der Waals surface area contributed by atoms with Crippen LogP contribution >= 0.6 is 0 Å².